The zero-order chi connectivity index (χ0) is 6.10. The van der Waals surface area contributed by atoms with Gasteiger partial charge >= 0.3 is 0 Å². The molecule has 47 valence electrons. The Bertz CT molecular complexity index is 179. The van der Waals surface area contributed by atoms with Crippen molar-refractivity contribution in [3.05, 3.63) is 23.7 Å². The summed E-state index contributed by atoms with van der Waals surface area (Å²) in [5.74, 6) is 1.10. The minimum absolute atomic E-state index is 1.09. The molecule has 2 aliphatic heterocycles. The third kappa shape index (κ3) is 0.707. The predicted octanol–water partition coefficient (Wildman–Crippen LogP) is 0.713. The molecule has 2 heterocycles. The van der Waals surface area contributed by atoms with Gasteiger partial charge < -0.3 is 5.32 Å². The van der Waals surface area contributed by atoms with Crippen molar-refractivity contribution in [2.24, 2.45) is 0 Å². The van der Waals surface area contributed by atoms with Crippen LogP contribution in [0.25, 0.3) is 0 Å². The zero-order valence-corrected chi connectivity index (χ0v) is 5.22. The lowest BCUT2D eigenvalue weighted by Gasteiger charge is -2.13. The molecule has 0 atom stereocenters. The van der Waals surface area contributed by atoms with Gasteiger partial charge in [0.15, 0.2) is 0 Å². The van der Waals surface area contributed by atoms with E-state index in [2.05, 4.69) is 16.7 Å². The predicted molar refractivity (Wildman–Crippen MR) is 35.5 cm³/mol. The van der Waals surface area contributed by atoms with Gasteiger partial charge in [-0.3, -0.25) is 0 Å². The van der Waals surface area contributed by atoms with Gasteiger partial charge in [-0.25, -0.2) is 5.32 Å². The average molecular weight is 121 g/mol. The van der Waals surface area contributed by atoms with Gasteiger partial charge in [-0.15, -0.1) is 0 Å². The van der Waals surface area contributed by atoms with Gasteiger partial charge in [-0.2, -0.15) is 0 Å². The summed E-state index contributed by atoms with van der Waals surface area (Å²) in [4.78, 5) is 0. The van der Waals surface area contributed by atoms with Gasteiger partial charge in [0.2, 0.25) is 0 Å². The number of allylic oxidation sites excluding steroid dienone is 2. The number of hydrogen-bond donors (Lipinski definition) is 1. The van der Waals surface area contributed by atoms with E-state index in [-0.39, 0.29) is 0 Å². The van der Waals surface area contributed by atoms with E-state index in [1.54, 1.807) is 0 Å². The van der Waals surface area contributed by atoms with Crippen molar-refractivity contribution in [3.63, 3.8) is 0 Å². The van der Waals surface area contributed by atoms with E-state index in [4.69, 9.17) is 0 Å². The van der Waals surface area contributed by atoms with Gasteiger partial charge in [0.25, 0.3) is 0 Å². The summed E-state index contributed by atoms with van der Waals surface area (Å²) in [7, 11) is 0. The Morgan fingerprint density at radius 3 is 3.44 bits per heavy atom. The standard InChI is InChI=1S/C7H9N2/c1-2-6-3-5-9-7(6)8-4-1/h3,5,8H,1-2,4H2. The molecular weight excluding hydrogens is 112 g/mol. The maximum Gasteiger partial charge on any atom is 0.129 e. The lowest BCUT2D eigenvalue weighted by atomic mass is 10.1. The Morgan fingerprint density at radius 2 is 2.56 bits per heavy atom. The first-order valence-electron chi connectivity index (χ1n) is 3.31. The molecule has 0 aromatic carbocycles. The number of hydrogen-bond acceptors (Lipinski definition) is 1. The summed E-state index contributed by atoms with van der Waals surface area (Å²) in [6, 6.07) is 0. The van der Waals surface area contributed by atoms with E-state index in [9.17, 15) is 0 Å². The molecule has 0 aliphatic carbocycles. The van der Waals surface area contributed by atoms with Crippen LogP contribution in [0.15, 0.2) is 23.7 Å². The zero-order valence-electron chi connectivity index (χ0n) is 5.22. The Kier molecular flexibility index (Phi) is 0.979. The van der Waals surface area contributed by atoms with Crippen molar-refractivity contribution in [3.8, 4) is 0 Å². The Balaban J connectivity index is 2.24. The molecule has 0 aromatic heterocycles. The molecule has 0 fully saturated rings. The van der Waals surface area contributed by atoms with Crippen LogP contribution in [0.2, 0.25) is 0 Å². The minimum Gasteiger partial charge on any atom is -0.370 e. The molecule has 2 heteroatoms. The molecule has 1 radical (unpaired) electrons. The molecule has 0 bridgehead atoms. The van der Waals surface area contributed by atoms with Crippen LogP contribution in [0.1, 0.15) is 12.8 Å². The van der Waals surface area contributed by atoms with Gasteiger partial charge in [-0.1, -0.05) is 0 Å². The number of nitrogens with zero attached hydrogens (tertiary/aromatic N) is 1. The van der Waals surface area contributed by atoms with Crippen LogP contribution in [0.5, 0.6) is 0 Å². The maximum atomic E-state index is 4.15. The molecule has 0 saturated heterocycles. The Morgan fingerprint density at radius 1 is 1.56 bits per heavy atom. The first-order valence-corrected chi connectivity index (χ1v) is 3.31. The van der Waals surface area contributed by atoms with Crippen LogP contribution < -0.4 is 10.6 Å². The Hall–Kier alpha value is -0.920. The van der Waals surface area contributed by atoms with E-state index < -0.39 is 0 Å². The van der Waals surface area contributed by atoms with Crippen LogP contribution in [0.4, 0.5) is 0 Å². The molecule has 9 heavy (non-hydrogen) atoms. The third-order valence-corrected chi connectivity index (χ3v) is 1.70. The van der Waals surface area contributed by atoms with Gasteiger partial charge in [-0.05, 0) is 24.5 Å². The first kappa shape index (κ1) is 4.91. The smallest absolute Gasteiger partial charge is 0.129 e. The largest absolute Gasteiger partial charge is 0.370 e. The molecular formula is C7H9N2. The second kappa shape index (κ2) is 1.79. The first-order chi connectivity index (χ1) is 4.47. The molecule has 0 amide bonds. The van der Waals surface area contributed by atoms with Gasteiger partial charge in [0, 0.05) is 12.7 Å². The molecule has 2 rings (SSSR count). The van der Waals surface area contributed by atoms with E-state index >= 15 is 0 Å². The molecule has 2 nitrogen and oxygen atoms in total. The second-order valence-corrected chi connectivity index (χ2v) is 2.35. The minimum atomic E-state index is 1.09. The molecule has 0 aromatic rings. The fourth-order valence-electron chi connectivity index (χ4n) is 1.21. The summed E-state index contributed by atoms with van der Waals surface area (Å²) in [6.07, 6.45) is 6.39. The average Bonchev–Trinajstić information content (AvgIpc) is 2.33. The second-order valence-electron chi connectivity index (χ2n) is 2.35. The number of rotatable bonds is 0. The molecule has 2 aliphatic rings. The quantitative estimate of drug-likeness (QED) is 0.502. The molecule has 1 N–H and O–H groups in total. The third-order valence-electron chi connectivity index (χ3n) is 1.70. The van der Waals surface area contributed by atoms with Crippen molar-refractivity contribution in [1.82, 2.24) is 10.6 Å². The fraction of sp³-hybridized carbons (Fsp3) is 0.429. The monoisotopic (exact) mass is 121 g/mol. The van der Waals surface area contributed by atoms with Crippen LogP contribution in [-0.4, -0.2) is 6.54 Å². The van der Waals surface area contributed by atoms with E-state index in [1.165, 1.54) is 18.4 Å². The van der Waals surface area contributed by atoms with Crippen LogP contribution in [-0.2, 0) is 0 Å². The lowest BCUT2D eigenvalue weighted by Crippen LogP contribution is -2.23. The summed E-state index contributed by atoms with van der Waals surface area (Å²) >= 11 is 0. The van der Waals surface area contributed by atoms with Crippen molar-refractivity contribution < 1.29 is 0 Å². The summed E-state index contributed by atoms with van der Waals surface area (Å²) in [6.45, 7) is 1.09. The van der Waals surface area contributed by atoms with Crippen molar-refractivity contribution in [2.75, 3.05) is 6.54 Å². The highest BCUT2D eigenvalue weighted by Crippen LogP contribution is 2.18. The Labute approximate surface area is 54.6 Å². The van der Waals surface area contributed by atoms with Crippen LogP contribution in [0, 0.1) is 0 Å². The van der Waals surface area contributed by atoms with Crippen LogP contribution in [0.3, 0.4) is 0 Å². The fourth-order valence-corrected chi connectivity index (χ4v) is 1.21. The molecule has 0 saturated carbocycles. The van der Waals surface area contributed by atoms with Crippen molar-refractivity contribution >= 4 is 0 Å². The highest BCUT2D eigenvalue weighted by molar-refractivity contribution is 5.31. The number of nitrogens with one attached hydrogen (secondary N) is 1. The molecule has 0 spiro atoms. The van der Waals surface area contributed by atoms with E-state index in [0.29, 0.717) is 0 Å². The summed E-state index contributed by atoms with van der Waals surface area (Å²) < 4.78 is 0. The highest BCUT2D eigenvalue weighted by atomic mass is 15.1. The highest BCUT2D eigenvalue weighted by Gasteiger charge is 2.12. The summed E-state index contributed by atoms with van der Waals surface area (Å²) in [5, 5.41) is 7.38. The van der Waals surface area contributed by atoms with E-state index in [1.807, 2.05) is 6.20 Å². The van der Waals surface area contributed by atoms with Crippen LogP contribution >= 0.6 is 0 Å². The van der Waals surface area contributed by atoms with E-state index in [0.717, 1.165) is 12.4 Å². The lowest BCUT2D eigenvalue weighted by molar-refractivity contribution is 0.648. The summed E-state index contributed by atoms with van der Waals surface area (Å²) in [5.41, 5.74) is 1.38. The maximum absolute atomic E-state index is 4.15. The van der Waals surface area contributed by atoms with Gasteiger partial charge in [0.1, 0.15) is 5.82 Å². The normalized spacial score (nSPS) is 23.1. The van der Waals surface area contributed by atoms with Crippen molar-refractivity contribution in [1.29, 1.82) is 0 Å². The molecule has 0 unspecified atom stereocenters. The SMILES string of the molecule is C1=CC2=C([N]1)NCCC2. The topological polar surface area (TPSA) is 26.1 Å². The van der Waals surface area contributed by atoms with Gasteiger partial charge in [0.05, 0.1) is 0 Å². The van der Waals surface area contributed by atoms with Crippen molar-refractivity contribution in [2.45, 2.75) is 12.8 Å².